The average Bonchev–Trinajstić information content (AvgIpc) is 2.42. The van der Waals surface area contributed by atoms with E-state index < -0.39 is 18.4 Å². The fraction of sp³-hybridized carbons (Fsp3) is 0.750. The molecule has 0 aromatic rings. The monoisotopic (exact) mass is 287 g/mol. The summed E-state index contributed by atoms with van der Waals surface area (Å²) in [5, 5.41) is 13.1. The van der Waals surface area contributed by atoms with E-state index in [-0.39, 0.29) is 24.7 Å². The average molecular weight is 287 g/mol. The van der Waals surface area contributed by atoms with Gasteiger partial charge in [0.25, 0.3) is 0 Å². The molecule has 0 aromatic heterocycles. The Hall–Kier alpha value is -1.83. The first-order valence-electron chi connectivity index (χ1n) is 6.58. The van der Waals surface area contributed by atoms with Gasteiger partial charge in [-0.25, -0.2) is 4.79 Å². The summed E-state index contributed by atoms with van der Waals surface area (Å²) in [4.78, 5) is 35.3. The summed E-state index contributed by atoms with van der Waals surface area (Å²) in [7, 11) is 0. The lowest BCUT2D eigenvalue weighted by Gasteiger charge is -2.38. The Labute approximate surface area is 117 Å². The molecule has 8 nitrogen and oxygen atoms in total. The maximum absolute atomic E-state index is 12.0. The lowest BCUT2D eigenvalue weighted by molar-refractivity contribution is -0.137. The lowest BCUT2D eigenvalue weighted by Crippen LogP contribution is -2.55. The molecule has 1 aliphatic rings. The Balaban J connectivity index is 2.40. The van der Waals surface area contributed by atoms with Gasteiger partial charge in [0.15, 0.2) is 0 Å². The van der Waals surface area contributed by atoms with E-state index in [0.29, 0.717) is 13.2 Å². The number of nitrogens with one attached hydrogen (secondary N) is 2. The molecule has 0 bridgehead atoms. The van der Waals surface area contributed by atoms with Crippen LogP contribution < -0.4 is 10.6 Å². The van der Waals surface area contributed by atoms with Crippen LogP contribution in [-0.4, -0.2) is 66.3 Å². The number of morpholine rings is 1. The van der Waals surface area contributed by atoms with E-state index >= 15 is 0 Å². The van der Waals surface area contributed by atoms with Gasteiger partial charge in [-0.3, -0.25) is 9.59 Å². The number of carboxylic acid groups (broad SMARTS) is 1. The van der Waals surface area contributed by atoms with Crippen LogP contribution in [0.2, 0.25) is 0 Å². The van der Waals surface area contributed by atoms with Crippen molar-refractivity contribution in [2.45, 2.75) is 32.4 Å². The molecule has 0 aromatic carbocycles. The lowest BCUT2D eigenvalue weighted by atomic mass is 10.1. The van der Waals surface area contributed by atoms with E-state index in [0.717, 1.165) is 6.42 Å². The maximum Gasteiger partial charge on any atom is 0.322 e. The highest BCUT2D eigenvalue weighted by Crippen LogP contribution is 2.14. The first kappa shape index (κ1) is 16.2. The van der Waals surface area contributed by atoms with Crippen LogP contribution in [0.15, 0.2) is 0 Å². The number of carbonyl (C=O) groups excluding carboxylic acids is 2. The number of carbonyl (C=O) groups is 3. The third kappa shape index (κ3) is 5.04. The van der Waals surface area contributed by atoms with Gasteiger partial charge in [0, 0.05) is 6.54 Å². The number of nitrogens with zero attached hydrogens (tertiary/aromatic N) is 1. The van der Waals surface area contributed by atoms with Gasteiger partial charge in [-0.05, 0) is 13.3 Å². The number of rotatable bonds is 5. The molecular formula is C12H21N3O5. The molecule has 8 heteroatoms. The number of hydrogen-bond donors (Lipinski definition) is 3. The summed E-state index contributed by atoms with van der Waals surface area (Å²) in [5.74, 6) is -1.66. The minimum Gasteiger partial charge on any atom is -0.480 e. The smallest absolute Gasteiger partial charge is 0.322 e. The molecule has 0 aliphatic carbocycles. The van der Waals surface area contributed by atoms with Gasteiger partial charge in [0.1, 0.15) is 6.54 Å². The molecule has 1 saturated heterocycles. The van der Waals surface area contributed by atoms with Crippen molar-refractivity contribution in [2.24, 2.45) is 0 Å². The summed E-state index contributed by atoms with van der Waals surface area (Å²) in [6.45, 7) is 4.10. The van der Waals surface area contributed by atoms with Crippen LogP contribution in [0.25, 0.3) is 0 Å². The molecule has 1 fully saturated rings. The summed E-state index contributed by atoms with van der Waals surface area (Å²) in [5.41, 5.74) is 0. The molecule has 1 heterocycles. The van der Waals surface area contributed by atoms with Gasteiger partial charge in [-0.2, -0.15) is 0 Å². The summed E-state index contributed by atoms with van der Waals surface area (Å²) in [6, 6.07) is -0.342. The van der Waals surface area contributed by atoms with Gasteiger partial charge >= 0.3 is 12.0 Å². The number of aliphatic carboxylic acids is 1. The first-order valence-corrected chi connectivity index (χ1v) is 6.58. The van der Waals surface area contributed by atoms with Crippen LogP contribution >= 0.6 is 0 Å². The molecule has 0 saturated carbocycles. The fourth-order valence-corrected chi connectivity index (χ4v) is 1.93. The van der Waals surface area contributed by atoms with Gasteiger partial charge in [0.2, 0.25) is 5.91 Å². The van der Waals surface area contributed by atoms with Crippen LogP contribution in [-0.2, 0) is 14.3 Å². The van der Waals surface area contributed by atoms with Crippen molar-refractivity contribution in [1.82, 2.24) is 15.5 Å². The third-order valence-electron chi connectivity index (χ3n) is 3.04. The third-order valence-corrected chi connectivity index (χ3v) is 3.04. The van der Waals surface area contributed by atoms with Crippen molar-refractivity contribution < 1.29 is 24.2 Å². The van der Waals surface area contributed by atoms with Crippen LogP contribution in [0.1, 0.15) is 20.3 Å². The first-order chi connectivity index (χ1) is 9.43. The van der Waals surface area contributed by atoms with Crippen LogP contribution in [0.5, 0.6) is 0 Å². The molecule has 20 heavy (non-hydrogen) atoms. The van der Waals surface area contributed by atoms with Gasteiger partial charge < -0.3 is 25.4 Å². The highest BCUT2D eigenvalue weighted by atomic mass is 16.5. The van der Waals surface area contributed by atoms with Crippen molar-refractivity contribution >= 4 is 17.9 Å². The zero-order chi connectivity index (χ0) is 15.1. The molecule has 3 N–H and O–H groups in total. The minimum atomic E-state index is -1.13. The standard InChI is InChI=1S/C12H21N3O5/c1-3-9-7-20-8(2)6-15(9)12(19)14-4-10(16)13-5-11(17)18/h8-9H,3-7H2,1-2H3,(H,13,16)(H,14,19)(H,17,18). The highest BCUT2D eigenvalue weighted by molar-refractivity contribution is 5.86. The summed E-state index contributed by atoms with van der Waals surface area (Å²) >= 11 is 0. The predicted molar refractivity (Wildman–Crippen MR) is 70.2 cm³/mol. The molecule has 2 atom stereocenters. The SMILES string of the molecule is CCC1COC(C)CN1C(=O)NCC(=O)NCC(=O)O. The number of urea groups is 1. The Kier molecular flexibility index (Phi) is 6.23. The van der Waals surface area contributed by atoms with Crippen LogP contribution in [0, 0.1) is 0 Å². The summed E-state index contributed by atoms with van der Waals surface area (Å²) < 4.78 is 5.49. The second-order valence-corrected chi connectivity index (χ2v) is 4.69. The second kappa shape index (κ2) is 7.68. The molecule has 1 aliphatic heterocycles. The van der Waals surface area contributed by atoms with Crippen molar-refractivity contribution in [3.05, 3.63) is 0 Å². The number of amides is 3. The van der Waals surface area contributed by atoms with E-state index in [1.54, 1.807) is 4.90 Å². The topological polar surface area (TPSA) is 108 Å². The van der Waals surface area contributed by atoms with Gasteiger partial charge in [-0.1, -0.05) is 6.92 Å². The number of ether oxygens (including phenoxy) is 1. The normalized spacial score (nSPS) is 22.2. The molecule has 114 valence electrons. The zero-order valence-corrected chi connectivity index (χ0v) is 11.7. The van der Waals surface area contributed by atoms with E-state index in [1.165, 1.54) is 0 Å². The highest BCUT2D eigenvalue weighted by Gasteiger charge is 2.29. The maximum atomic E-state index is 12.0. The fourth-order valence-electron chi connectivity index (χ4n) is 1.93. The van der Waals surface area contributed by atoms with Crippen molar-refractivity contribution in [2.75, 3.05) is 26.2 Å². The molecular weight excluding hydrogens is 266 g/mol. The summed E-state index contributed by atoms with van der Waals surface area (Å²) in [6.07, 6.45) is 0.732. The van der Waals surface area contributed by atoms with E-state index in [1.807, 2.05) is 13.8 Å². The molecule has 2 unspecified atom stereocenters. The van der Waals surface area contributed by atoms with Crippen LogP contribution in [0.4, 0.5) is 4.79 Å². The van der Waals surface area contributed by atoms with Gasteiger partial charge in [-0.15, -0.1) is 0 Å². The van der Waals surface area contributed by atoms with Crippen LogP contribution in [0.3, 0.4) is 0 Å². The van der Waals surface area contributed by atoms with Gasteiger partial charge in [0.05, 0.1) is 25.3 Å². The van der Waals surface area contributed by atoms with E-state index in [2.05, 4.69) is 10.6 Å². The molecule has 0 spiro atoms. The Morgan fingerprint density at radius 2 is 2.00 bits per heavy atom. The van der Waals surface area contributed by atoms with E-state index in [4.69, 9.17) is 9.84 Å². The minimum absolute atomic E-state index is 0.00622. The number of carboxylic acids is 1. The quantitative estimate of drug-likeness (QED) is 0.625. The largest absolute Gasteiger partial charge is 0.480 e. The molecule has 3 amide bonds. The predicted octanol–water partition coefficient (Wildman–Crippen LogP) is -0.604. The zero-order valence-electron chi connectivity index (χ0n) is 11.7. The Morgan fingerprint density at radius 1 is 1.30 bits per heavy atom. The Morgan fingerprint density at radius 3 is 2.60 bits per heavy atom. The second-order valence-electron chi connectivity index (χ2n) is 4.69. The number of hydrogen-bond acceptors (Lipinski definition) is 4. The molecule has 1 rings (SSSR count). The molecule has 0 radical (unpaired) electrons. The van der Waals surface area contributed by atoms with E-state index in [9.17, 15) is 14.4 Å². The van der Waals surface area contributed by atoms with Crippen molar-refractivity contribution in [1.29, 1.82) is 0 Å². The van der Waals surface area contributed by atoms with Crippen molar-refractivity contribution in [3.8, 4) is 0 Å². The van der Waals surface area contributed by atoms with Crippen molar-refractivity contribution in [3.63, 3.8) is 0 Å². The Bertz CT molecular complexity index is 374.